The van der Waals surface area contributed by atoms with Gasteiger partial charge >= 0.3 is 0 Å². The molecule has 3 nitrogen and oxygen atoms in total. The minimum atomic E-state index is -0.295. The second kappa shape index (κ2) is 4.09. The van der Waals surface area contributed by atoms with Crippen LogP contribution in [0.5, 0.6) is 5.75 Å². The summed E-state index contributed by atoms with van der Waals surface area (Å²) in [6, 6.07) is 7.05. The second-order valence-electron chi connectivity index (χ2n) is 2.56. The molecule has 0 aliphatic rings. The largest absolute Gasteiger partial charge is 0.497 e. The zero-order valence-electron chi connectivity index (χ0n) is 7.03. The zero-order chi connectivity index (χ0) is 8.97. The Hall–Kier alpha value is -1.06. The van der Waals surface area contributed by atoms with Crippen LogP contribution in [0.4, 0.5) is 0 Å². The third-order valence-corrected chi connectivity index (χ3v) is 1.74. The van der Waals surface area contributed by atoms with E-state index < -0.39 is 0 Å². The first kappa shape index (κ1) is 9.03. The number of benzene rings is 1. The maximum atomic E-state index is 8.76. The molecule has 66 valence electrons. The summed E-state index contributed by atoms with van der Waals surface area (Å²) in [4.78, 5) is 0. The van der Waals surface area contributed by atoms with Crippen molar-refractivity contribution in [3.05, 3.63) is 29.8 Å². The summed E-state index contributed by atoms with van der Waals surface area (Å²) in [5, 5.41) is 8.76. The summed E-state index contributed by atoms with van der Waals surface area (Å²) in [6.07, 6.45) is 0. The monoisotopic (exact) mass is 167 g/mol. The summed E-state index contributed by atoms with van der Waals surface area (Å²) < 4.78 is 4.98. The van der Waals surface area contributed by atoms with E-state index in [1.165, 1.54) is 0 Å². The Bertz CT molecular complexity index is 233. The van der Waals surface area contributed by atoms with Crippen molar-refractivity contribution >= 4 is 0 Å². The molecule has 12 heavy (non-hydrogen) atoms. The van der Waals surface area contributed by atoms with Crippen LogP contribution in [0, 0.1) is 0 Å². The quantitative estimate of drug-likeness (QED) is 0.696. The summed E-state index contributed by atoms with van der Waals surface area (Å²) in [5.41, 5.74) is 6.51. The van der Waals surface area contributed by atoms with Crippen LogP contribution >= 0.6 is 0 Å². The molecule has 3 N–H and O–H groups in total. The molecule has 0 aromatic heterocycles. The van der Waals surface area contributed by atoms with Crippen LogP contribution in [0.15, 0.2) is 24.3 Å². The SMILES string of the molecule is COc1ccc([C@H](N)CO)cc1. The first-order valence-electron chi connectivity index (χ1n) is 3.78. The highest BCUT2D eigenvalue weighted by atomic mass is 16.5. The molecule has 0 aliphatic heterocycles. The van der Waals surface area contributed by atoms with Gasteiger partial charge in [0.25, 0.3) is 0 Å². The van der Waals surface area contributed by atoms with Gasteiger partial charge in [-0.2, -0.15) is 0 Å². The molecule has 0 fully saturated rings. The van der Waals surface area contributed by atoms with Gasteiger partial charge in [-0.1, -0.05) is 12.1 Å². The zero-order valence-corrected chi connectivity index (χ0v) is 7.03. The van der Waals surface area contributed by atoms with Crippen LogP contribution in [0.25, 0.3) is 0 Å². The fraction of sp³-hybridized carbons (Fsp3) is 0.333. The van der Waals surface area contributed by atoms with Gasteiger partial charge in [0.15, 0.2) is 0 Å². The van der Waals surface area contributed by atoms with Gasteiger partial charge in [0.1, 0.15) is 5.75 Å². The minimum absolute atomic E-state index is 0.0354. The van der Waals surface area contributed by atoms with Crippen LogP contribution in [-0.4, -0.2) is 18.8 Å². The van der Waals surface area contributed by atoms with Crippen LogP contribution < -0.4 is 10.5 Å². The number of methoxy groups -OCH3 is 1. The van der Waals surface area contributed by atoms with Crippen molar-refractivity contribution < 1.29 is 9.84 Å². The highest BCUT2D eigenvalue weighted by molar-refractivity contribution is 5.28. The Morgan fingerprint density at radius 3 is 2.42 bits per heavy atom. The maximum absolute atomic E-state index is 8.76. The van der Waals surface area contributed by atoms with Gasteiger partial charge in [-0.25, -0.2) is 0 Å². The Kier molecular flexibility index (Phi) is 3.08. The number of aliphatic hydroxyl groups is 1. The fourth-order valence-electron chi connectivity index (χ4n) is 0.957. The van der Waals surface area contributed by atoms with E-state index in [1.54, 1.807) is 7.11 Å². The Balaban J connectivity index is 2.77. The lowest BCUT2D eigenvalue weighted by Crippen LogP contribution is -2.14. The van der Waals surface area contributed by atoms with E-state index in [1.807, 2.05) is 24.3 Å². The molecule has 0 unspecified atom stereocenters. The predicted molar refractivity (Wildman–Crippen MR) is 47.0 cm³/mol. The Morgan fingerprint density at radius 1 is 1.42 bits per heavy atom. The molecule has 3 heteroatoms. The molecule has 1 rings (SSSR count). The predicted octanol–water partition coefficient (Wildman–Crippen LogP) is 0.687. The number of aliphatic hydroxyl groups excluding tert-OH is 1. The van der Waals surface area contributed by atoms with E-state index in [0.29, 0.717) is 0 Å². The molecule has 0 aliphatic carbocycles. The van der Waals surface area contributed by atoms with Gasteiger partial charge in [0.05, 0.1) is 19.8 Å². The fourth-order valence-corrected chi connectivity index (χ4v) is 0.957. The topological polar surface area (TPSA) is 55.5 Å². The second-order valence-corrected chi connectivity index (χ2v) is 2.56. The van der Waals surface area contributed by atoms with Crippen LogP contribution in [-0.2, 0) is 0 Å². The van der Waals surface area contributed by atoms with Crippen LogP contribution in [0.2, 0.25) is 0 Å². The smallest absolute Gasteiger partial charge is 0.118 e. The summed E-state index contributed by atoms with van der Waals surface area (Å²) in [7, 11) is 1.61. The van der Waals surface area contributed by atoms with Crippen molar-refractivity contribution in [2.45, 2.75) is 6.04 Å². The van der Waals surface area contributed by atoms with Gasteiger partial charge in [-0.15, -0.1) is 0 Å². The van der Waals surface area contributed by atoms with Gasteiger partial charge in [0, 0.05) is 0 Å². The lowest BCUT2D eigenvalue weighted by molar-refractivity contribution is 0.268. The van der Waals surface area contributed by atoms with Gasteiger partial charge < -0.3 is 15.6 Å². The molecule has 1 aromatic rings. The molecule has 1 aromatic carbocycles. The Labute approximate surface area is 71.8 Å². The van der Waals surface area contributed by atoms with Crippen molar-refractivity contribution in [3.63, 3.8) is 0 Å². The first-order valence-corrected chi connectivity index (χ1v) is 3.78. The van der Waals surface area contributed by atoms with E-state index in [0.717, 1.165) is 11.3 Å². The standard InChI is InChI=1S/C9H13NO2/c1-12-8-4-2-7(3-5-8)9(10)6-11/h2-5,9,11H,6,10H2,1H3/t9-/m1/s1. The third-order valence-electron chi connectivity index (χ3n) is 1.74. The average molecular weight is 167 g/mol. The lowest BCUT2D eigenvalue weighted by Gasteiger charge is -2.08. The first-order chi connectivity index (χ1) is 5.77. The molecule has 0 spiro atoms. The van der Waals surface area contributed by atoms with Crippen molar-refractivity contribution in [3.8, 4) is 5.75 Å². The normalized spacial score (nSPS) is 12.6. The van der Waals surface area contributed by atoms with Crippen molar-refractivity contribution in [1.29, 1.82) is 0 Å². The molecule has 0 amide bonds. The van der Waals surface area contributed by atoms with Gasteiger partial charge in [-0.05, 0) is 17.7 Å². The lowest BCUT2D eigenvalue weighted by atomic mass is 10.1. The molecule has 0 saturated carbocycles. The summed E-state index contributed by atoms with van der Waals surface area (Å²) >= 11 is 0. The Morgan fingerprint density at radius 2 is 2.00 bits per heavy atom. The number of nitrogens with two attached hydrogens (primary N) is 1. The number of hydrogen-bond donors (Lipinski definition) is 2. The molecule has 1 atom stereocenters. The van der Waals surface area contributed by atoms with Crippen molar-refractivity contribution in [1.82, 2.24) is 0 Å². The number of ether oxygens (including phenoxy) is 1. The summed E-state index contributed by atoms with van der Waals surface area (Å²) in [5.74, 6) is 0.795. The van der Waals surface area contributed by atoms with E-state index in [2.05, 4.69) is 0 Å². The molecule has 0 saturated heterocycles. The van der Waals surface area contributed by atoms with E-state index in [-0.39, 0.29) is 12.6 Å². The highest BCUT2D eigenvalue weighted by Crippen LogP contribution is 2.15. The van der Waals surface area contributed by atoms with E-state index in [4.69, 9.17) is 15.6 Å². The molecule has 0 bridgehead atoms. The van der Waals surface area contributed by atoms with Crippen molar-refractivity contribution in [2.24, 2.45) is 5.73 Å². The van der Waals surface area contributed by atoms with Crippen molar-refractivity contribution in [2.75, 3.05) is 13.7 Å². The van der Waals surface area contributed by atoms with Crippen LogP contribution in [0.3, 0.4) is 0 Å². The molecule has 0 radical (unpaired) electrons. The highest BCUT2D eigenvalue weighted by Gasteiger charge is 2.02. The van der Waals surface area contributed by atoms with Crippen LogP contribution in [0.1, 0.15) is 11.6 Å². The maximum Gasteiger partial charge on any atom is 0.118 e. The minimum Gasteiger partial charge on any atom is -0.497 e. The van der Waals surface area contributed by atoms with Gasteiger partial charge in [0.2, 0.25) is 0 Å². The summed E-state index contributed by atoms with van der Waals surface area (Å²) in [6.45, 7) is -0.0354. The average Bonchev–Trinajstić information content (AvgIpc) is 2.17. The molecule has 0 heterocycles. The van der Waals surface area contributed by atoms with E-state index >= 15 is 0 Å². The van der Waals surface area contributed by atoms with Gasteiger partial charge in [-0.3, -0.25) is 0 Å². The van der Waals surface area contributed by atoms with E-state index in [9.17, 15) is 0 Å². The molecular weight excluding hydrogens is 154 g/mol. The third kappa shape index (κ3) is 1.96. The number of rotatable bonds is 3. The molecular formula is C9H13NO2. The number of hydrogen-bond acceptors (Lipinski definition) is 3.